The van der Waals surface area contributed by atoms with Gasteiger partial charge in [0.15, 0.2) is 5.75 Å². The van der Waals surface area contributed by atoms with Crippen molar-refractivity contribution in [3.63, 3.8) is 0 Å². The van der Waals surface area contributed by atoms with Crippen molar-refractivity contribution in [3.05, 3.63) is 29.3 Å². The highest BCUT2D eigenvalue weighted by Crippen LogP contribution is 2.38. The van der Waals surface area contributed by atoms with E-state index in [0.29, 0.717) is 0 Å². The van der Waals surface area contributed by atoms with Crippen LogP contribution < -0.4 is 10.3 Å². The van der Waals surface area contributed by atoms with Crippen LogP contribution in [-0.2, 0) is 10.8 Å². The van der Waals surface area contributed by atoms with Gasteiger partial charge in [-0.15, -0.1) is 0 Å². The Balaban J connectivity index is 3.11. The minimum atomic E-state index is 0.113. The molecule has 0 aliphatic rings. The number of nitrogens with one attached hydrogen (secondary N) is 1. The molecule has 0 saturated carbocycles. The lowest BCUT2D eigenvalue weighted by Crippen LogP contribution is -2.25. The van der Waals surface area contributed by atoms with Gasteiger partial charge in [-0.25, -0.2) is 0 Å². The topological polar surface area (TPSA) is 21.3 Å². The molecule has 0 amide bonds. The van der Waals surface area contributed by atoms with Gasteiger partial charge < -0.3 is 4.84 Å². The third-order valence-corrected chi connectivity index (χ3v) is 5.07. The molecule has 1 N–H and O–H groups in total. The maximum atomic E-state index is 5.88. The zero-order valence-corrected chi connectivity index (χ0v) is 15.7. The highest BCUT2D eigenvalue weighted by molar-refractivity contribution is 5.43. The van der Waals surface area contributed by atoms with Gasteiger partial charge >= 0.3 is 0 Å². The summed E-state index contributed by atoms with van der Waals surface area (Å²) in [6, 6.07) is 6.71. The van der Waals surface area contributed by atoms with Gasteiger partial charge in [0.1, 0.15) is 0 Å². The second kappa shape index (κ2) is 8.01. The third-order valence-electron chi connectivity index (χ3n) is 5.07. The van der Waals surface area contributed by atoms with Crippen LogP contribution in [0.1, 0.15) is 85.3 Å². The highest BCUT2D eigenvalue weighted by atomic mass is 16.6. The number of hydrogen-bond acceptors (Lipinski definition) is 2. The molecule has 1 rings (SSSR count). The maximum absolute atomic E-state index is 5.88. The molecule has 0 aromatic heterocycles. The third kappa shape index (κ3) is 4.74. The Morgan fingerprint density at radius 2 is 1.59 bits per heavy atom. The number of rotatable bonds is 9. The lowest BCUT2D eigenvalue weighted by molar-refractivity contribution is 0.189. The van der Waals surface area contributed by atoms with Crippen LogP contribution in [0, 0.1) is 0 Å². The predicted molar refractivity (Wildman–Crippen MR) is 96.6 cm³/mol. The second-order valence-corrected chi connectivity index (χ2v) is 7.54. The molecule has 0 heterocycles. The summed E-state index contributed by atoms with van der Waals surface area (Å²) in [6.45, 7) is 16.8. The second-order valence-electron chi connectivity index (χ2n) is 7.54. The van der Waals surface area contributed by atoms with E-state index in [1.807, 2.05) is 0 Å². The average molecular weight is 306 g/mol. The lowest BCUT2D eigenvalue weighted by Gasteiger charge is -2.30. The fraction of sp³-hybridized carbons (Fsp3) is 0.700. The van der Waals surface area contributed by atoms with E-state index >= 15 is 0 Å². The molecule has 0 bridgehead atoms. The van der Waals surface area contributed by atoms with E-state index in [0.717, 1.165) is 31.6 Å². The molecule has 1 aromatic carbocycles. The van der Waals surface area contributed by atoms with E-state index in [9.17, 15) is 0 Å². The lowest BCUT2D eigenvalue weighted by atomic mass is 9.76. The van der Waals surface area contributed by atoms with Gasteiger partial charge in [-0.1, -0.05) is 67.0 Å². The van der Waals surface area contributed by atoms with Crippen LogP contribution in [0.25, 0.3) is 0 Å². The van der Waals surface area contributed by atoms with Crippen LogP contribution in [0.2, 0.25) is 0 Å². The average Bonchev–Trinajstić information content (AvgIpc) is 2.51. The molecular formula is C20H35NO. The van der Waals surface area contributed by atoms with E-state index in [-0.39, 0.29) is 10.8 Å². The minimum absolute atomic E-state index is 0.113. The zero-order chi connectivity index (χ0) is 16.8. The summed E-state index contributed by atoms with van der Waals surface area (Å²) in [5.74, 6) is 0.971. The molecule has 0 fully saturated rings. The summed E-state index contributed by atoms with van der Waals surface area (Å²) < 4.78 is 0. The van der Waals surface area contributed by atoms with Crippen LogP contribution in [0.4, 0.5) is 0 Å². The minimum Gasteiger partial charge on any atom is -0.408 e. The highest BCUT2D eigenvalue weighted by Gasteiger charge is 2.26. The molecular weight excluding hydrogens is 270 g/mol. The van der Waals surface area contributed by atoms with Crippen LogP contribution in [0.15, 0.2) is 18.2 Å². The van der Waals surface area contributed by atoms with Crippen molar-refractivity contribution in [2.24, 2.45) is 0 Å². The van der Waals surface area contributed by atoms with Crippen molar-refractivity contribution in [1.29, 1.82) is 0 Å². The van der Waals surface area contributed by atoms with E-state index in [1.54, 1.807) is 0 Å². The number of hydroxylamine groups is 1. The Kier molecular flexibility index (Phi) is 6.93. The molecule has 0 atom stereocenters. The van der Waals surface area contributed by atoms with Crippen LogP contribution >= 0.6 is 0 Å². The van der Waals surface area contributed by atoms with Crippen molar-refractivity contribution in [3.8, 4) is 5.75 Å². The fourth-order valence-corrected chi connectivity index (χ4v) is 2.34. The van der Waals surface area contributed by atoms with Gasteiger partial charge in [0, 0.05) is 12.1 Å². The summed E-state index contributed by atoms with van der Waals surface area (Å²) in [6.07, 6.45) is 4.53. The molecule has 2 nitrogen and oxygen atoms in total. The Morgan fingerprint density at radius 3 is 2.14 bits per heavy atom. The largest absolute Gasteiger partial charge is 0.408 e. The summed E-state index contributed by atoms with van der Waals surface area (Å²) in [7, 11) is 0. The first-order valence-corrected chi connectivity index (χ1v) is 8.83. The first kappa shape index (κ1) is 19.0. The molecule has 0 radical (unpaired) electrons. The first-order valence-electron chi connectivity index (χ1n) is 8.83. The molecule has 0 unspecified atom stereocenters. The molecule has 0 saturated heterocycles. The van der Waals surface area contributed by atoms with Gasteiger partial charge in [0.2, 0.25) is 0 Å². The fourth-order valence-electron chi connectivity index (χ4n) is 2.34. The normalized spacial score (nSPS) is 12.5. The zero-order valence-electron chi connectivity index (χ0n) is 15.7. The van der Waals surface area contributed by atoms with E-state index in [4.69, 9.17) is 4.84 Å². The van der Waals surface area contributed by atoms with E-state index in [1.165, 1.54) is 17.5 Å². The van der Waals surface area contributed by atoms with E-state index < -0.39 is 0 Å². The summed E-state index contributed by atoms with van der Waals surface area (Å²) >= 11 is 0. The smallest absolute Gasteiger partial charge is 0.150 e. The molecule has 0 aliphatic heterocycles. The molecule has 1 aromatic rings. The summed E-state index contributed by atoms with van der Waals surface area (Å²) in [5.41, 5.74) is 6.12. The monoisotopic (exact) mass is 305 g/mol. The number of benzene rings is 1. The van der Waals surface area contributed by atoms with Crippen molar-refractivity contribution in [2.45, 2.75) is 85.0 Å². The van der Waals surface area contributed by atoms with Crippen LogP contribution in [0.5, 0.6) is 5.75 Å². The van der Waals surface area contributed by atoms with Crippen molar-refractivity contribution in [2.75, 3.05) is 6.54 Å². The van der Waals surface area contributed by atoms with Crippen LogP contribution in [0.3, 0.4) is 0 Å². The Labute approximate surface area is 137 Å². The quantitative estimate of drug-likeness (QED) is 0.463. The maximum Gasteiger partial charge on any atom is 0.150 e. The number of unbranched alkanes of at least 4 members (excludes halogenated alkanes) is 1. The van der Waals surface area contributed by atoms with Gasteiger partial charge in [0.05, 0.1) is 0 Å². The van der Waals surface area contributed by atoms with Crippen molar-refractivity contribution >= 4 is 0 Å². The SMILES string of the molecule is CCCCNOc1ccc(C(C)(C)CC)cc1C(C)(C)CC. The van der Waals surface area contributed by atoms with Gasteiger partial charge in [-0.3, -0.25) is 0 Å². The van der Waals surface area contributed by atoms with Gasteiger partial charge in [-0.05, 0) is 41.7 Å². The molecule has 2 heteroatoms. The Bertz CT molecular complexity index is 463. The van der Waals surface area contributed by atoms with Crippen LogP contribution in [-0.4, -0.2) is 6.54 Å². The summed E-state index contributed by atoms with van der Waals surface area (Å²) in [4.78, 5) is 5.88. The Morgan fingerprint density at radius 1 is 0.955 bits per heavy atom. The first-order chi connectivity index (χ1) is 10.3. The number of hydrogen-bond donors (Lipinski definition) is 1. The molecule has 126 valence electrons. The Hall–Kier alpha value is -1.02. The standard InChI is InChI=1S/C20H35NO/c1-8-11-14-21-22-18-13-12-16(19(4,5)9-2)15-17(18)20(6,7)10-3/h12-13,15,21H,8-11,14H2,1-7H3. The van der Waals surface area contributed by atoms with Gasteiger partial charge in [0.25, 0.3) is 0 Å². The molecule has 0 aliphatic carbocycles. The predicted octanol–water partition coefficient (Wildman–Crippen LogP) is 5.75. The van der Waals surface area contributed by atoms with Crippen molar-refractivity contribution < 1.29 is 4.84 Å². The molecule has 22 heavy (non-hydrogen) atoms. The van der Waals surface area contributed by atoms with Crippen molar-refractivity contribution in [1.82, 2.24) is 5.48 Å². The summed E-state index contributed by atoms with van der Waals surface area (Å²) in [5, 5.41) is 0. The van der Waals surface area contributed by atoms with E-state index in [2.05, 4.69) is 72.1 Å². The molecule has 0 spiro atoms. The van der Waals surface area contributed by atoms with Gasteiger partial charge in [-0.2, -0.15) is 5.48 Å².